The van der Waals surface area contributed by atoms with Crippen molar-refractivity contribution in [1.82, 2.24) is 0 Å². The van der Waals surface area contributed by atoms with Crippen LogP contribution in [0.4, 0.5) is 0 Å². The minimum absolute atomic E-state index is 0.0344. The topological polar surface area (TPSA) is 119 Å². The lowest BCUT2D eigenvalue weighted by Crippen LogP contribution is -2.11. The Bertz CT molecular complexity index is 1390. The van der Waals surface area contributed by atoms with Crippen LogP contribution in [0.5, 0.6) is 0 Å². The van der Waals surface area contributed by atoms with Gasteiger partial charge in [-0.05, 0) is 71.8 Å². The van der Waals surface area contributed by atoms with E-state index in [2.05, 4.69) is 6.07 Å². The van der Waals surface area contributed by atoms with E-state index in [-0.39, 0.29) is 22.1 Å². The van der Waals surface area contributed by atoms with Crippen LogP contribution in [-0.4, -0.2) is 19.5 Å². The maximum atomic E-state index is 13.4. The number of nitrogens with zero attached hydrogens (tertiary/aromatic N) is 2. The van der Waals surface area contributed by atoms with Gasteiger partial charge in [0.1, 0.15) is 10.9 Å². The second-order valence-electron chi connectivity index (χ2n) is 7.35. The molecule has 8 heteroatoms. The van der Waals surface area contributed by atoms with E-state index >= 15 is 0 Å². The molecule has 4 rings (SSSR count). The fourth-order valence-electron chi connectivity index (χ4n) is 3.52. The Morgan fingerprint density at radius 2 is 1.84 bits per heavy atom. The number of hydrogen-bond donors (Lipinski definition) is 1. The predicted octanol–water partition coefficient (Wildman–Crippen LogP) is 4.71. The number of carbonyl (C=O) groups is 1. The van der Waals surface area contributed by atoms with Crippen LogP contribution in [0, 0.1) is 22.7 Å². The molecular formula is C23H16N2O4S2. The molecule has 2 aromatic carbocycles. The highest BCUT2D eigenvalue weighted by molar-refractivity contribution is 7.90. The second kappa shape index (κ2) is 7.99. The fraction of sp³-hybridized carbons (Fsp3) is 0.174. The highest BCUT2D eigenvalue weighted by Crippen LogP contribution is 2.44. The summed E-state index contributed by atoms with van der Waals surface area (Å²) in [5.41, 5.74) is 1.97. The van der Waals surface area contributed by atoms with Gasteiger partial charge in [0.25, 0.3) is 0 Å². The lowest BCUT2D eigenvalue weighted by molar-refractivity contribution is 0.0696. The molecular weight excluding hydrogens is 432 g/mol. The van der Waals surface area contributed by atoms with Gasteiger partial charge in [-0.2, -0.15) is 10.5 Å². The minimum Gasteiger partial charge on any atom is -0.478 e. The van der Waals surface area contributed by atoms with Crippen molar-refractivity contribution in [2.75, 3.05) is 0 Å². The maximum Gasteiger partial charge on any atom is 0.335 e. The number of thiophene rings is 1. The third kappa shape index (κ3) is 4.22. The zero-order valence-electron chi connectivity index (χ0n) is 16.2. The Kier molecular flexibility index (Phi) is 5.36. The van der Waals surface area contributed by atoms with Gasteiger partial charge in [-0.1, -0.05) is 12.1 Å². The summed E-state index contributed by atoms with van der Waals surface area (Å²) in [4.78, 5) is 12.7. The van der Waals surface area contributed by atoms with Crippen molar-refractivity contribution >= 4 is 27.1 Å². The molecule has 1 N–H and O–H groups in total. The van der Waals surface area contributed by atoms with E-state index in [0.29, 0.717) is 27.1 Å². The first kappa shape index (κ1) is 20.8. The van der Waals surface area contributed by atoms with Gasteiger partial charge in [0.15, 0.2) is 9.84 Å². The highest BCUT2D eigenvalue weighted by atomic mass is 32.2. The quantitative estimate of drug-likeness (QED) is 0.583. The van der Waals surface area contributed by atoms with E-state index in [1.54, 1.807) is 30.3 Å². The molecule has 0 saturated heterocycles. The third-order valence-corrected chi connectivity index (χ3v) is 7.91. The SMILES string of the molecule is N#Cc1ccc(-c2ccc(C#N)s2)c(CS(=O)(=O)c2cc(C(=O)O)ccc2C2CC2)c1. The summed E-state index contributed by atoms with van der Waals surface area (Å²) < 4.78 is 26.9. The summed E-state index contributed by atoms with van der Waals surface area (Å²) in [5.74, 6) is -1.44. The first-order valence-corrected chi connectivity index (χ1v) is 11.9. The van der Waals surface area contributed by atoms with E-state index in [4.69, 9.17) is 5.26 Å². The number of aromatic carboxylic acids is 1. The molecule has 3 aromatic rings. The summed E-state index contributed by atoms with van der Waals surface area (Å²) in [6, 6.07) is 16.6. The van der Waals surface area contributed by atoms with Gasteiger partial charge in [-0.25, -0.2) is 13.2 Å². The molecule has 1 heterocycles. The molecule has 0 atom stereocenters. The number of hydrogen-bond acceptors (Lipinski definition) is 6. The van der Waals surface area contributed by atoms with Crippen molar-refractivity contribution in [2.45, 2.75) is 29.4 Å². The Morgan fingerprint density at radius 3 is 2.45 bits per heavy atom. The number of benzene rings is 2. The Hall–Kier alpha value is -3.46. The summed E-state index contributed by atoms with van der Waals surface area (Å²) in [7, 11) is -3.89. The number of carboxylic acid groups (broad SMARTS) is 1. The van der Waals surface area contributed by atoms with Gasteiger partial charge in [0.2, 0.25) is 0 Å². The molecule has 1 aliphatic rings. The zero-order valence-corrected chi connectivity index (χ0v) is 17.8. The monoisotopic (exact) mass is 448 g/mol. The highest BCUT2D eigenvalue weighted by Gasteiger charge is 2.31. The molecule has 31 heavy (non-hydrogen) atoms. The van der Waals surface area contributed by atoms with Gasteiger partial charge in [0.05, 0.1) is 27.8 Å². The van der Waals surface area contributed by atoms with Gasteiger partial charge in [0, 0.05) is 4.88 Å². The average Bonchev–Trinajstić information content (AvgIpc) is 3.50. The van der Waals surface area contributed by atoms with Crippen LogP contribution >= 0.6 is 11.3 Å². The first-order valence-electron chi connectivity index (χ1n) is 9.45. The van der Waals surface area contributed by atoms with Crippen LogP contribution in [0.3, 0.4) is 0 Å². The lowest BCUT2D eigenvalue weighted by atomic mass is 10.0. The molecule has 1 saturated carbocycles. The van der Waals surface area contributed by atoms with E-state index in [1.165, 1.54) is 29.5 Å². The normalized spacial score (nSPS) is 13.4. The van der Waals surface area contributed by atoms with E-state index in [9.17, 15) is 23.6 Å². The molecule has 1 fully saturated rings. The van der Waals surface area contributed by atoms with E-state index in [1.807, 2.05) is 6.07 Å². The molecule has 1 aromatic heterocycles. The number of rotatable bonds is 6. The standard InChI is InChI=1S/C23H16N2O4S2/c24-11-14-1-6-19(21-8-5-18(12-25)30-21)17(9-14)13-31(28,29)22-10-16(23(26)27)4-7-20(22)15-2-3-15/h1,4-10,15H,2-3,13H2,(H,26,27). The van der Waals surface area contributed by atoms with Crippen molar-refractivity contribution in [1.29, 1.82) is 10.5 Å². The van der Waals surface area contributed by atoms with Crippen molar-refractivity contribution in [2.24, 2.45) is 0 Å². The van der Waals surface area contributed by atoms with E-state index in [0.717, 1.165) is 17.7 Å². The maximum absolute atomic E-state index is 13.4. The van der Waals surface area contributed by atoms with Gasteiger partial charge in [-0.3, -0.25) is 0 Å². The molecule has 0 unspecified atom stereocenters. The number of sulfone groups is 1. The molecule has 1 aliphatic carbocycles. The first-order chi connectivity index (χ1) is 14.8. The molecule has 0 spiro atoms. The van der Waals surface area contributed by atoms with E-state index < -0.39 is 15.8 Å². The molecule has 6 nitrogen and oxygen atoms in total. The van der Waals surface area contributed by atoms with Crippen LogP contribution < -0.4 is 0 Å². The molecule has 0 amide bonds. The van der Waals surface area contributed by atoms with Crippen LogP contribution in [0.15, 0.2) is 53.4 Å². The third-order valence-electron chi connectivity index (χ3n) is 5.17. The number of nitriles is 2. The predicted molar refractivity (Wildman–Crippen MR) is 115 cm³/mol. The average molecular weight is 449 g/mol. The summed E-state index contributed by atoms with van der Waals surface area (Å²) >= 11 is 1.24. The zero-order chi connectivity index (χ0) is 22.2. The Labute approximate surface area is 183 Å². The lowest BCUT2D eigenvalue weighted by Gasteiger charge is -2.14. The van der Waals surface area contributed by atoms with Gasteiger partial charge in [-0.15, -0.1) is 11.3 Å². The van der Waals surface area contributed by atoms with Crippen molar-refractivity contribution < 1.29 is 18.3 Å². The van der Waals surface area contributed by atoms with Crippen LogP contribution in [0.25, 0.3) is 10.4 Å². The fourth-order valence-corrected chi connectivity index (χ4v) is 6.08. The summed E-state index contributed by atoms with van der Waals surface area (Å²) in [6.45, 7) is 0. The smallest absolute Gasteiger partial charge is 0.335 e. The number of carboxylic acids is 1. The van der Waals surface area contributed by atoms with Crippen molar-refractivity contribution in [3.05, 3.63) is 75.7 Å². The Balaban J connectivity index is 1.82. The summed E-state index contributed by atoms with van der Waals surface area (Å²) in [5, 5.41) is 27.8. The molecule has 0 aliphatic heterocycles. The van der Waals surface area contributed by atoms with Crippen LogP contribution in [0.1, 0.15) is 50.7 Å². The minimum atomic E-state index is -3.89. The van der Waals surface area contributed by atoms with Crippen LogP contribution in [-0.2, 0) is 15.6 Å². The largest absolute Gasteiger partial charge is 0.478 e. The van der Waals surface area contributed by atoms with Crippen LogP contribution in [0.2, 0.25) is 0 Å². The van der Waals surface area contributed by atoms with Gasteiger partial charge >= 0.3 is 5.97 Å². The summed E-state index contributed by atoms with van der Waals surface area (Å²) in [6.07, 6.45) is 1.74. The van der Waals surface area contributed by atoms with Crippen molar-refractivity contribution in [3.8, 4) is 22.6 Å². The van der Waals surface area contributed by atoms with Gasteiger partial charge < -0.3 is 5.11 Å². The molecule has 154 valence electrons. The Morgan fingerprint density at radius 1 is 1.06 bits per heavy atom. The molecule has 0 bridgehead atoms. The second-order valence-corrected chi connectivity index (χ2v) is 10.4. The molecule has 0 radical (unpaired) electrons. The van der Waals surface area contributed by atoms with Crippen molar-refractivity contribution in [3.63, 3.8) is 0 Å².